The Labute approximate surface area is 220 Å². The number of amides is 1. The van der Waals surface area contributed by atoms with Gasteiger partial charge in [0.1, 0.15) is 5.82 Å². The van der Waals surface area contributed by atoms with Gasteiger partial charge in [0.05, 0.1) is 12.7 Å². The van der Waals surface area contributed by atoms with Crippen molar-refractivity contribution in [2.24, 2.45) is 5.92 Å². The molecule has 2 saturated heterocycles. The highest BCUT2D eigenvalue weighted by molar-refractivity contribution is 7.99. The maximum atomic E-state index is 15.3. The van der Waals surface area contributed by atoms with Gasteiger partial charge in [-0.1, -0.05) is 23.7 Å². The van der Waals surface area contributed by atoms with E-state index in [2.05, 4.69) is 5.32 Å². The number of carbonyl (C=O) groups excluding carboxylic acids is 1. The van der Waals surface area contributed by atoms with Crippen LogP contribution in [0.5, 0.6) is 5.75 Å². The van der Waals surface area contributed by atoms with Gasteiger partial charge in [-0.05, 0) is 61.3 Å². The molecule has 3 heterocycles. The summed E-state index contributed by atoms with van der Waals surface area (Å²) in [5, 5.41) is 3.64. The average molecular weight is 542 g/mol. The van der Waals surface area contributed by atoms with Crippen LogP contribution in [0.3, 0.4) is 0 Å². The zero-order chi connectivity index (χ0) is 23.7. The Morgan fingerprint density at radius 1 is 1.14 bits per heavy atom. The van der Waals surface area contributed by atoms with E-state index in [4.69, 9.17) is 21.1 Å². The second-order valence-electron chi connectivity index (χ2n) is 9.44. The first-order valence-corrected chi connectivity index (χ1v) is 13.3. The van der Waals surface area contributed by atoms with Crippen LogP contribution in [0.25, 0.3) is 0 Å². The van der Waals surface area contributed by atoms with E-state index >= 15 is 4.39 Å². The van der Waals surface area contributed by atoms with Crippen LogP contribution in [0.2, 0.25) is 5.02 Å². The van der Waals surface area contributed by atoms with Gasteiger partial charge in [-0.25, -0.2) is 8.78 Å². The second-order valence-corrected chi connectivity index (χ2v) is 11.0. The number of halogens is 3. The lowest BCUT2D eigenvalue weighted by atomic mass is 9.60. The predicted molar refractivity (Wildman–Crippen MR) is 140 cm³/mol. The predicted octanol–water partition coefficient (Wildman–Crippen LogP) is 5.41. The lowest BCUT2D eigenvalue weighted by molar-refractivity contribution is -0.119. The van der Waals surface area contributed by atoms with Gasteiger partial charge in [0.2, 0.25) is 5.91 Å². The summed E-state index contributed by atoms with van der Waals surface area (Å²) in [6.07, 6.45) is 3.30. The summed E-state index contributed by atoms with van der Waals surface area (Å²) >= 11 is 7.89. The topological polar surface area (TPSA) is 47.6 Å². The largest absolute Gasteiger partial charge is 0.490 e. The smallest absolute Gasteiger partial charge is 0.220 e. The zero-order valence-electron chi connectivity index (χ0n) is 19.3. The standard InChI is InChI=1S/C26H28ClF2NO3S.H2S/c27-17-3-1-16(2-4-17)13-26-10-11-32-22(9-12-34-15-18-5-8-23(31)30-18)19(26)14-33-25-21(29)7-6-20(28)24(25)26;/h1-4,6-7,18-19,22H,5,8-15H2,(H,30,31);1H2/t18-,19-,22-,26-;/m0./s1. The summed E-state index contributed by atoms with van der Waals surface area (Å²) < 4.78 is 42.1. The molecular weight excluding hydrogens is 512 g/mol. The van der Waals surface area contributed by atoms with Crippen LogP contribution in [-0.2, 0) is 21.4 Å². The minimum Gasteiger partial charge on any atom is -0.490 e. The minimum absolute atomic E-state index is 0. The third-order valence-electron chi connectivity index (χ3n) is 7.39. The van der Waals surface area contributed by atoms with Crippen molar-refractivity contribution in [1.82, 2.24) is 5.32 Å². The van der Waals surface area contributed by atoms with Crippen LogP contribution in [0.15, 0.2) is 36.4 Å². The lowest BCUT2D eigenvalue weighted by Crippen LogP contribution is -2.55. The molecule has 0 saturated carbocycles. The van der Waals surface area contributed by atoms with Gasteiger partial charge in [-0.15, -0.1) is 0 Å². The van der Waals surface area contributed by atoms with E-state index in [0.29, 0.717) is 36.5 Å². The Morgan fingerprint density at radius 3 is 2.66 bits per heavy atom. The zero-order valence-corrected chi connectivity index (χ0v) is 21.9. The molecule has 0 spiro atoms. The molecule has 3 aliphatic rings. The first kappa shape index (κ1) is 26.6. The van der Waals surface area contributed by atoms with Gasteiger partial charge in [-0.3, -0.25) is 4.79 Å². The molecule has 1 N–H and O–H groups in total. The van der Waals surface area contributed by atoms with Gasteiger partial charge >= 0.3 is 0 Å². The fourth-order valence-corrected chi connectivity index (χ4v) is 6.95. The molecule has 0 radical (unpaired) electrons. The molecule has 5 rings (SSSR count). The van der Waals surface area contributed by atoms with E-state index in [9.17, 15) is 9.18 Å². The summed E-state index contributed by atoms with van der Waals surface area (Å²) in [5.74, 6) is 0.844. The summed E-state index contributed by atoms with van der Waals surface area (Å²) in [6.45, 7) is 0.766. The Morgan fingerprint density at radius 2 is 1.91 bits per heavy atom. The number of ether oxygens (including phenoxy) is 2. The summed E-state index contributed by atoms with van der Waals surface area (Å²) in [4.78, 5) is 11.4. The van der Waals surface area contributed by atoms with Crippen LogP contribution in [0.1, 0.15) is 36.8 Å². The Bertz CT molecular complexity index is 1060. The number of rotatable bonds is 7. The van der Waals surface area contributed by atoms with Gasteiger partial charge in [0.25, 0.3) is 0 Å². The van der Waals surface area contributed by atoms with Crippen LogP contribution in [0.4, 0.5) is 8.78 Å². The number of benzene rings is 2. The van der Waals surface area contributed by atoms with E-state index in [-0.39, 0.29) is 49.8 Å². The van der Waals surface area contributed by atoms with Crippen molar-refractivity contribution in [1.29, 1.82) is 0 Å². The van der Waals surface area contributed by atoms with Crippen molar-refractivity contribution in [2.45, 2.75) is 49.7 Å². The van der Waals surface area contributed by atoms with E-state index in [1.54, 1.807) is 11.8 Å². The SMILES string of the molecule is O=C1CC[C@@H](CSCC[C@@H]2OCC[C@@]3(Cc4ccc(Cl)cc4)c4c(F)ccc(F)c4OC[C@@H]23)N1.S. The van der Waals surface area contributed by atoms with E-state index in [1.165, 1.54) is 6.07 Å². The summed E-state index contributed by atoms with van der Waals surface area (Å²) in [6, 6.07) is 10.2. The third kappa shape index (κ3) is 5.45. The van der Waals surface area contributed by atoms with Crippen molar-refractivity contribution in [3.63, 3.8) is 0 Å². The molecule has 0 aliphatic carbocycles. The maximum Gasteiger partial charge on any atom is 0.220 e. The Kier molecular flexibility index (Phi) is 8.57. The number of hydrogen-bond acceptors (Lipinski definition) is 4. The number of nitrogens with one attached hydrogen (secondary N) is 1. The highest BCUT2D eigenvalue weighted by atomic mass is 35.5. The fraction of sp³-hybridized carbons (Fsp3) is 0.500. The van der Waals surface area contributed by atoms with Crippen molar-refractivity contribution in [3.05, 3.63) is 64.2 Å². The van der Waals surface area contributed by atoms with Crippen molar-refractivity contribution in [2.75, 3.05) is 24.7 Å². The Hall–Kier alpha value is -1.48. The van der Waals surface area contributed by atoms with Gasteiger partial charge in [-0.2, -0.15) is 25.3 Å². The molecule has 1 amide bonds. The van der Waals surface area contributed by atoms with Gasteiger partial charge in [0, 0.05) is 46.7 Å². The Balaban J connectivity index is 0.00000289. The molecule has 0 bridgehead atoms. The molecule has 190 valence electrons. The van der Waals surface area contributed by atoms with E-state index in [0.717, 1.165) is 36.0 Å². The number of thioether (sulfide) groups is 1. The van der Waals surface area contributed by atoms with Gasteiger partial charge in [0.15, 0.2) is 11.6 Å². The van der Waals surface area contributed by atoms with E-state index < -0.39 is 17.0 Å². The molecule has 35 heavy (non-hydrogen) atoms. The monoisotopic (exact) mass is 541 g/mol. The van der Waals surface area contributed by atoms with Crippen molar-refractivity contribution < 1.29 is 23.0 Å². The second kappa shape index (κ2) is 11.3. The molecule has 2 fully saturated rings. The molecule has 4 atom stereocenters. The molecule has 4 nitrogen and oxygen atoms in total. The highest BCUT2D eigenvalue weighted by Gasteiger charge is 2.53. The molecule has 0 aromatic heterocycles. The quantitative estimate of drug-likeness (QED) is 0.476. The highest BCUT2D eigenvalue weighted by Crippen LogP contribution is 2.52. The van der Waals surface area contributed by atoms with Crippen molar-refractivity contribution >= 4 is 42.8 Å². The normalized spacial score (nSPS) is 27.3. The summed E-state index contributed by atoms with van der Waals surface area (Å²) in [7, 11) is 0. The van der Waals surface area contributed by atoms with Crippen LogP contribution in [0, 0.1) is 17.6 Å². The summed E-state index contributed by atoms with van der Waals surface area (Å²) in [5.41, 5.74) is 0.742. The molecule has 2 aromatic rings. The lowest BCUT2D eigenvalue weighted by Gasteiger charge is -2.51. The first-order valence-electron chi connectivity index (χ1n) is 11.8. The van der Waals surface area contributed by atoms with Crippen LogP contribution >= 0.6 is 36.9 Å². The number of fused-ring (bicyclic) bond motifs is 3. The number of hydrogen-bond donors (Lipinski definition) is 1. The fourth-order valence-electron chi connectivity index (χ4n) is 5.72. The molecule has 9 heteroatoms. The molecule has 2 aromatic carbocycles. The molecular formula is C26H30ClF2NO3S2. The molecule has 3 aliphatic heterocycles. The van der Waals surface area contributed by atoms with Gasteiger partial charge < -0.3 is 14.8 Å². The van der Waals surface area contributed by atoms with Crippen molar-refractivity contribution in [3.8, 4) is 5.75 Å². The first-order chi connectivity index (χ1) is 16.5. The van der Waals surface area contributed by atoms with Crippen LogP contribution in [-0.4, -0.2) is 42.8 Å². The third-order valence-corrected chi connectivity index (χ3v) is 8.80. The minimum atomic E-state index is -0.624. The molecule has 0 unspecified atom stereocenters. The average Bonchev–Trinajstić information content (AvgIpc) is 3.25. The maximum absolute atomic E-state index is 15.3. The number of carbonyl (C=O) groups is 1. The van der Waals surface area contributed by atoms with Crippen LogP contribution < -0.4 is 10.1 Å². The van der Waals surface area contributed by atoms with E-state index in [1.807, 2.05) is 24.3 Å².